The minimum atomic E-state index is -0.185. The van der Waals surface area contributed by atoms with Gasteiger partial charge in [-0.2, -0.15) is 0 Å². The summed E-state index contributed by atoms with van der Waals surface area (Å²) in [6, 6.07) is 7.78. The second-order valence-corrected chi connectivity index (χ2v) is 6.65. The van der Waals surface area contributed by atoms with Gasteiger partial charge in [-0.3, -0.25) is 9.69 Å². The van der Waals surface area contributed by atoms with Crippen molar-refractivity contribution in [3.8, 4) is 0 Å². The number of thiazole rings is 1. The standard InChI is InChI=1S/C17H23ClN4OS/c1-3-22(4-2)15(12-7-5-6-8-13(12)18)10-20-17(23)14-11-24-16(9-19)21-14/h5-8,11,15H,3-4,9-10,19H2,1-2H3,(H,20,23). The number of amides is 1. The van der Waals surface area contributed by atoms with E-state index in [0.29, 0.717) is 23.8 Å². The predicted molar refractivity (Wildman–Crippen MR) is 99.5 cm³/mol. The Morgan fingerprint density at radius 1 is 1.38 bits per heavy atom. The summed E-state index contributed by atoms with van der Waals surface area (Å²) >= 11 is 7.77. The molecule has 1 aromatic heterocycles. The Morgan fingerprint density at radius 2 is 2.08 bits per heavy atom. The molecule has 0 spiro atoms. The van der Waals surface area contributed by atoms with E-state index in [2.05, 4.69) is 29.0 Å². The van der Waals surface area contributed by atoms with Gasteiger partial charge in [-0.15, -0.1) is 11.3 Å². The molecule has 0 aliphatic carbocycles. The third kappa shape index (κ3) is 4.54. The van der Waals surface area contributed by atoms with Crippen LogP contribution in [0.1, 0.15) is 40.9 Å². The third-order valence-corrected chi connectivity index (χ3v) is 5.15. The van der Waals surface area contributed by atoms with Crippen LogP contribution in [0.3, 0.4) is 0 Å². The molecule has 1 amide bonds. The van der Waals surface area contributed by atoms with Crippen LogP contribution in [0.25, 0.3) is 0 Å². The summed E-state index contributed by atoms with van der Waals surface area (Å²) in [4.78, 5) is 18.8. The molecule has 0 aliphatic heterocycles. The van der Waals surface area contributed by atoms with Crippen LogP contribution < -0.4 is 11.1 Å². The highest BCUT2D eigenvalue weighted by Gasteiger charge is 2.21. The highest BCUT2D eigenvalue weighted by atomic mass is 35.5. The molecule has 0 fully saturated rings. The van der Waals surface area contributed by atoms with E-state index in [1.807, 2.05) is 24.3 Å². The maximum Gasteiger partial charge on any atom is 0.270 e. The van der Waals surface area contributed by atoms with Gasteiger partial charge in [0.2, 0.25) is 0 Å². The molecule has 24 heavy (non-hydrogen) atoms. The summed E-state index contributed by atoms with van der Waals surface area (Å²) in [5.74, 6) is -0.185. The van der Waals surface area contributed by atoms with Crippen molar-refractivity contribution < 1.29 is 4.79 Å². The van der Waals surface area contributed by atoms with Crippen molar-refractivity contribution >= 4 is 28.8 Å². The fourth-order valence-electron chi connectivity index (χ4n) is 2.63. The number of nitrogens with one attached hydrogen (secondary N) is 1. The normalized spacial score (nSPS) is 12.4. The molecule has 3 N–H and O–H groups in total. The van der Waals surface area contributed by atoms with Crippen LogP contribution in [0, 0.1) is 0 Å². The van der Waals surface area contributed by atoms with E-state index in [-0.39, 0.29) is 11.9 Å². The third-order valence-electron chi connectivity index (χ3n) is 3.93. The number of likely N-dealkylation sites (N-methyl/N-ethyl adjacent to an activating group) is 1. The summed E-state index contributed by atoms with van der Waals surface area (Å²) < 4.78 is 0. The van der Waals surface area contributed by atoms with Crippen LogP contribution >= 0.6 is 22.9 Å². The van der Waals surface area contributed by atoms with Crippen molar-refractivity contribution in [1.29, 1.82) is 0 Å². The first-order chi connectivity index (χ1) is 11.6. The van der Waals surface area contributed by atoms with Gasteiger partial charge in [0, 0.05) is 23.5 Å². The number of halogens is 1. The van der Waals surface area contributed by atoms with Crippen LogP contribution in [-0.2, 0) is 6.54 Å². The van der Waals surface area contributed by atoms with Crippen molar-refractivity contribution in [2.45, 2.75) is 26.4 Å². The van der Waals surface area contributed by atoms with Gasteiger partial charge in [0.05, 0.1) is 6.04 Å². The summed E-state index contributed by atoms with van der Waals surface area (Å²) in [5, 5.41) is 6.18. The molecule has 1 atom stereocenters. The van der Waals surface area contributed by atoms with E-state index in [0.717, 1.165) is 23.7 Å². The Morgan fingerprint density at radius 3 is 2.67 bits per heavy atom. The largest absolute Gasteiger partial charge is 0.349 e. The van der Waals surface area contributed by atoms with Gasteiger partial charge in [-0.1, -0.05) is 43.6 Å². The smallest absolute Gasteiger partial charge is 0.270 e. The number of hydrogen-bond acceptors (Lipinski definition) is 5. The minimum absolute atomic E-state index is 0.0188. The van der Waals surface area contributed by atoms with Crippen molar-refractivity contribution in [3.05, 3.63) is 50.9 Å². The lowest BCUT2D eigenvalue weighted by atomic mass is 10.0. The first kappa shape index (κ1) is 18.9. The molecular formula is C17H23ClN4OS. The maximum atomic E-state index is 12.3. The van der Waals surface area contributed by atoms with Gasteiger partial charge in [0.25, 0.3) is 5.91 Å². The zero-order valence-electron chi connectivity index (χ0n) is 14.0. The molecule has 0 radical (unpaired) electrons. The van der Waals surface area contributed by atoms with E-state index >= 15 is 0 Å². The van der Waals surface area contributed by atoms with Gasteiger partial charge in [-0.25, -0.2) is 4.98 Å². The van der Waals surface area contributed by atoms with Crippen molar-refractivity contribution in [3.63, 3.8) is 0 Å². The Bertz CT molecular complexity index is 672. The molecule has 2 aromatic rings. The van der Waals surface area contributed by atoms with Crippen LogP contribution in [0.15, 0.2) is 29.6 Å². The van der Waals surface area contributed by atoms with Gasteiger partial charge in [-0.05, 0) is 24.7 Å². The van der Waals surface area contributed by atoms with Crippen LogP contribution in [0.5, 0.6) is 0 Å². The van der Waals surface area contributed by atoms with E-state index in [9.17, 15) is 4.79 Å². The number of benzene rings is 1. The van der Waals surface area contributed by atoms with Crippen molar-refractivity contribution in [2.75, 3.05) is 19.6 Å². The molecule has 0 aliphatic rings. The van der Waals surface area contributed by atoms with Crippen molar-refractivity contribution in [2.24, 2.45) is 5.73 Å². The molecule has 130 valence electrons. The Kier molecular flexibility index (Phi) is 7.17. The lowest BCUT2D eigenvalue weighted by Crippen LogP contribution is -2.38. The highest BCUT2D eigenvalue weighted by Crippen LogP contribution is 2.27. The molecular weight excluding hydrogens is 344 g/mol. The summed E-state index contributed by atoms with van der Waals surface area (Å²) in [6.07, 6.45) is 0. The summed E-state index contributed by atoms with van der Waals surface area (Å²) in [5.41, 5.74) is 6.98. The predicted octanol–water partition coefficient (Wildman–Crippen LogP) is 3.07. The number of hydrogen-bond donors (Lipinski definition) is 2. The van der Waals surface area contributed by atoms with Gasteiger partial charge in [0.1, 0.15) is 10.7 Å². The molecule has 7 heteroatoms. The van der Waals surface area contributed by atoms with E-state index < -0.39 is 0 Å². The van der Waals surface area contributed by atoms with Crippen LogP contribution in [0.2, 0.25) is 5.02 Å². The van der Waals surface area contributed by atoms with E-state index in [1.165, 1.54) is 11.3 Å². The monoisotopic (exact) mass is 366 g/mol. The Hall–Kier alpha value is -1.47. The number of rotatable bonds is 8. The van der Waals surface area contributed by atoms with Gasteiger partial charge >= 0.3 is 0 Å². The van der Waals surface area contributed by atoms with E-state index in [1.54, 1.807) is 5.38 Å². The Balaban J connectivity index is 2.13. The van der Waals surface area contributed by atoms with Crippen molar-refractivity contribution in [1.82, 2.24) is 15.2 Å². The number of carbonyl (C=O) groups is 1. The highest BCUT2D eigenvalue weighted by molar-refractivity contribution is 7.09. The van der Waals surface area contributed by atoms with E-state index in [4.69, 9.17) is 17.3 Å². The molecule has 1 aromatic carbocycles. The molecule has 1 heterocycles. The second kappa shape index (κ2) is 9.13. The number of nitrogens with zero attached hydrogens (tertiary/aromatic N) is 2. The molecule has 1 unspecified atom stereocenters. The summed E-state index contributed by atoms with van der Waals surface area (Å²) in [7, 11) is 0. The minimum Gasteiger partial charge on any atom is -0.349 e. The average Bonchev–Trinajstić information content (AvgIpc) is 3.08. The first-order valence-corrected chi connectivity index (χ1v) is 9.27. The number of nitrogens with two attached hydrogens (primary N) is 1. The lowest BCUT2D eigenvalue weighted by Gasteiger charge is -2.30. The van der Waals surface area contributed by atoms with Crippen LogP contribution in [0.4, 0.5) is 0 Å². The van der Waals surface area contributed by atoms with Gasteiger partial charge in [0.15, 0.2) is 0 Å². The zero-order chi connectivity index (χ0) is 17.5. The zero-order valence-corrected chi connectivity index (χ0v) is 15.5. The van der Waals surface area contributed by atoms with Crippen LogP contribution in [-0.4, -0.2) is 35.4 Å². The first-order valence-electron chi connectivity index (χ1n) is 8.01. The fourth-order valence-corrected chi connectivity index (χ4v) is 3.55. The molecule has 0 bridgehead atoms. The molecule has 0 saturated heterocycles. The molecule has 5 nitrogen and oxygen atoms in total. The Labute approximate surface area is 151 Å². The average molecular weight is 367 g/mol. The second-order valence-electron chi connectivity index (χ2n) is 5.30. The van der Waals surface area contributed by atoms with Gasteiger partial charge < -0.3 is 11.1 Å². The fraction of sp³-hybridized carbons (Fsp3) is 0.412. The lowest BCUT2D eigenvalue weighted by molar-refractivity contribution is 0.0930. The topological polar surface area (TPSA) is 71.2 Å². The summed E-state index contributed by atoms with van der Waals surface area (Å²) in [6.45, 7) is 6.76. The molecule has 0 saturated carbocycles. The SMILES string of the molecule is CCN(CC)C(CNC(=O)c1csc(CN)n1)c1ccccc1Cl. The number of carbonyl (C=O) groups excluding carboxylic acids is 1. The molecule has 2 rings (SSSR count). The maximum absolute atomic E-state index is 12.3. The number of aromatic nitrogens is 1. The quantitative estimate of drug-likeness (QED) is 0.753.